The van der Waals surface area contributed by atoms with Crippen molar-refractivity contribution in [1.82, 2.24) is 0 Å². The fourth-order valence-corrected chi connectivity index (χ4v) is 2.45. The first-order valence-electron chi connectivity index (χ1n) is 4.89. The van der Waals surface area contributed by atoms with Gasteiger partial charge in [0.2, 0.25) is 5.91 Å². The highest BCUT2D eigenvalue weighted by Crippen LogP contribution is 2.64. The molecule has 0 bridgehead atoms. The number of carbonyl (C=O) groups excluding carboxylic acids is 1. The van der Waals surface area contributed by atoms with Crippen LogP contribution in [0.15, 0.2) is 30.3 Å². The average molecular weight is 189 g/mol. The minimum atomic E-state index is -0.177. The van der Waals surface area contributed by atoms with E-state index in [2.05, 4.69) is 26.0 Å². The van der Waals surface area contributed by atoms with Crippen molar-refractivity contribution >= 4 is 5.91 Å². The minimum Gasteiger partial charge on any atom is -0.369 e. The van der Waals surface area contributed by atoms with Crippen LogP contribution in [-0.4, -0.2) is 5.91 Å². The first-order valence-corrected chi connectivity index (χ1v) is 4.89. The maximum atomic E-state index is 11.2. The number of carbonyl (C=O) groups is 1. The van der Waals surface area contributed by atoms with E-state index in [0.717, 1.165) is 0 Å². The predicted molar refractivity (Wildman–Crippen MR) is 55.6 cm³/mol. The van der Waals surface area contributed by atoms with Crippen molar-refractivity contribution in [3.63, 3.8) is 0 Å². The third-order valence-corrected chi connectivity index (χ3v) is 3.29. The summed E-state index contributed by atoms with van der Waals surface area (Å²) in [5.41, 5.74) is 6.62. The van der Waals surface area contributed by atoms with Crippen molar-refractivity contribution in [2.24, 2.45) is 17.1 Å². The number of amides is 1. The molecule has 0 spiro atoms. The second-order valence-corrected chi connectivity index (χ2v) is 4.59. The van der Waals surface area contributed by atoms with E-state index in [-0.39, 0.29) is 17.2 Å². The van der Waals surface area contributed by atoms with Crippen LogP contribution in [0.5, 0.6) is 0 Å². The highest BCUT2D eigenvalue weighted by Gasteiger charge is 2.61. The van der Waals surface area contributed by atoms with Gasteiger partial charge in [0.1, 0.15) is 0 Å². The number of hydrogen-bond acceptors (Lipinski definition) is 1. The third kappa shape index (κ3) is 1.22. The number of hydrogen-bond donors (Lipinski definition) is 1. The molecule has 1 aromatic rings. The molecule has 0 aromatic heterocycles. The Balaban J connectivity index is 2.28. The van der Waals surface area contributed by atoms with Gasteiger partial charge < -0.3 is 5.73 Å². The van der Waals surface area contributed by atoms with E-state index >= 15 is 0 Å². The summed E-state index contributed by atoms with van der Waals surface area (Å²) < 4.78 is 0. The van der Waals surface area contributed by atoms with Gasteiger partial charge in [-0.1, -0.05) is 44.2 Å². The summed E-state index contributed by atoms with van der Waals surface area (Å²) in [4.78, 5) is 11.2. The zero-order valence-corrected chi connectivity index (χ0v) is 8.53. The number of nitrogens with two attached hydrogens (primary N) is 1. The topological polar surface area (TPSA) is 43.1 Å². The van der Waals surface area contributed by atoms with Crippen LogP contribution in [0.1, 0.15) is 25.3 Å². The molecule has 1 fully saturated rings. The van der Waals surface area contributed by atoms with Crippen LogP contribution in [-0.2, 0) is 4.79 Å². The van der Waals surface area contributed by atoms with Gasteiger partial charge in [0.15, 0.2) is 0 Å². The lowest BCUT2D eigenvalue weighted by molar-refractivity contribution is -0.119. The summed E-state index contributed by atoms with van der Waals surface area (Å²) in [6.45, 7) is 4.19. The second-order valence-electron chi connectivity index (χ2n) is 4.59. The van der Waals surface area contributed by atoms with Gasteiger partial charge in [0, 0.05) is 5.92 Å². The van der Waals surface area contributed by atoms with Gasteiger partial charge in [-0.05, 0) is 11.0 Å². The predicted octanol–water partition coefficient (Wildman–Crippen LogP) is 1.91. The Kier molecular flexibility index (Phi) is 1.88. The fourth-order valence-electron chi connectivity index (χ4n) is 2.45. The molecule has 2 N–H and O–H groups in total. The first kappa shape index (κ1) is 9.25. The molecule has 0 radical (unpaired) electrons. The van der Waals surface area contributed by atoms with Crippen molar-refractivity contribution in [3.05, 3.63) is 35.9 Å². The lowest BCUT2D eigenvalue weighted by atomic mass is 10.0. The molecular formula is C12H15NO. The van der Waals surface area contributed by atoms with Crippen LogP contribution >= 0.6 is 0 Å². The summed E-state index contributed by atoms with van der Waals surface area (Å²) in [5.74, 6) is 0.134. The molecule has 0 aliphatic heterocycles. The Bertz CT molecular complexity index is 356. The second kappa shape index (κ2) is 2.84. The van der Waals surface area contributed by atoms with E-state index in [1.165, 1.54) is 5.56 Å². The molecule has 1 amide bonds. The van der Waals surface area contributed by atoms with E-state index in [1.54, 1.807) is 0 Å². The molecule has 2 heteroatoms. The van der Waals surface area contributed by atoms with Gasteiger partial charge in [0.25, 0.3) is 0 Å². The normalized spacial score (nSPS) is 28.4. The van der Waals surface area contributed by atoms with Crippen LogP contribution in [0.4, 0.5) is 0 Å². The maximum Gasteiger partial charge on any atom is 0.221 e. The Morgan fingerprint density at radius 3 is 2.29 bits per heavy atom. The minimum absolute atomic E-state index is 0.00454. The number of rotatable bonds is 2. The third-order valence-electron chi connectivity index (χ3n) is 3.29. The van der Waals surface area contributed by atoms with E-state index < -0.39 is 0 Å². The van der Waals surface area contributed by atoms with Crippen LogP contribution in [0.2, 0.25) is 0 Å². The SMILES string of the molecule is CC1(C)[C@H](c2ccccc2)[C@@H]1C(N)=O. The smallest absolute Gasteiger partial charge is 0.221 e. The van der Waals surface area contributed by atoms with E-state index in [9.17, 15) is 4.79 Å². The average Bonchev–Trinajstić information content (AvgIpc) is 2.71. The van der Waals surface area contributed by atoms with Crippen LogP contribution in [0.25, 0.3) is 0 Å². The molecule has 1 saturated carbocycles. The van der Waals surface area contributed by atoms with Gasteiger partial charge in [-0.15, -0.1) is 0 Å². The highest BCUT2D eigenvalue weighted by molar-refractivity contribution is 5.83. The maximum absolute atomic E-state index is 11.2. The van der Waals surface area contributed by atoms with Crippen molar-refractivity contribution in [2.75, 3.05) is 0 Å². The Morgan fingerprint density at radius 1 is 1.29 bits per heavy atom. The molecule has 0 heterocycles. The zero-order chi connectivity index (χ0) is 10.3. The molecule has 2 atom stereocenters. The summed E-state index contributed by atoms with van der Waals surface area (Å²) in [7, 11) is 0. The molecule has 2 nitrogen and oxygen atoms in total. The molecular weight excluding hydrogens is 174 g/mol. The zero-order valence-electron chi connectivity index (χ0n) is 8.53. The van der Waals surface area contributed by atoms with Gasteiger partial charge in [-0.25, -0.2) is 0 Å². The Labute approximate surface area is 84.1 Å². The van der Waals surface area contributed by atoms with Crippen molar-refractivity contribution in [1.29, 1.82) is 0 Å². The van der Waals surface area contributed by atoms with Gasteiger partial charge in [-0.3, -0.25) is 4.79 Å². The molecule has 14 heavy (non-hydrogen) atoms. The fraction of sp³-hybridized carbons (Fsp3) is 0.417. The highest BCUT2D eigenvalue weighted by atomic mass is 16.1. The summed E-state index contributed by atoms with van der Waals surface area (Å²) in [6, 6.07) is 10.1. The molecule has 0 saturated heterocycles. The lowest BCUT2D eigenvalue weighted by Crippen LogP contribution is -2.16. The lowest BCUT2D eigenvalue weighted by Gasteiger charge is -2.01. The first-order chi connectivity index (χ1) is 6.55. The van der Waals surface area contributed by atoms with Gasteiger partial charge in [0.05, 0.1) is 5.92 Å². The van der Waals surface area contributed by atoms with Crippen molar-refractivity contribution in [2.45, 2.75) is 19.8 Å². The standard InChI is InChI=1S/C12H15NO/c1-12(2)9(10(12)11(13)14)8-6-4-3-5-7-8/h3-7,9-10H,1-2H3,(H2,13,14)/t9-,10-/m1/s1. The van der Waals surface area contributed by atoms with Gasteiger partial charge in [-0.2, -0.15) is 0 Å². The molecule has 1 aliphatic carbocycles. The van der Waals surface area contributed by atoms with Crippen LogP contribution < -0.4 is 5.73 Å². The molecule has 0 unspecified atom stereocenters. The van der Waals surface area contributed by atoms with Crippen molar-refractivity contribution in [3.8, 4) is 0 Å². The van der Waals surface area contributed by atoms with Crippen LogP contribution in [0.3, 0.4) is 0 Å². The van der Waals surface area contributed by atoms with Gasteiger partial charge >= 0.3 is 0 Å². The van der Waals surface area contributed by atoms with Crippen LogP contribution in [0, 0.1) is 11.3 Å². The monoisotopic (exact) mass is 189 g/mol. The van der Waals surface area contributed by atoms with Crippen molar-refractivity contribution < 1.29 is 4.79 Å². The number of benzene rings is 1. The van der Waals surface area contributed by atoms with E-state index in [4.69, 9.17) is 5.73 Å². The quantitative estimate of drug-likeness (QED) is 0.758. The van der Waals surface area contributed by atoms with E-state index in [1.807, 2.05) is 18.2 Å². The molecule has 1 aromatic carbocycles. The Hall–Kier alpha value is -1.31. The molecule has 2 rings (SSSR count). The van der Waals surface area contributed by atoms with E-state index in [0.29, 0.717) is 5.92 Å². The Morgan fingerprint density at radius 2 is 1.86 bits per heavy atom. The molecule has 1 aliphatic rings. The summed E-state index contributed by atoms with van der Waals surface area (Å²) in [5, 5.41) is 0. The summed E-state index contributed by atoms with van der Waals surface area (Å²) >= 11 is 0. The summed E-state index contributed by atoms with van der Waals surface area (Å²) in [6.07, 6.45) is 0. The molecule has 74 valence electrons. The number of primary amides is 1. The largest absolute Gasteiger partial charge is 0.369 e.